The van der Waals surface area contributed by atoms with Crippen molar-refractivity contribution in [1.82, 2.24) is 4.57 Å². The number of carbonyl (C=O) groups excluding carboxylic acids is 1. The Labute approximate surface area is 169 Å². The largest absolute Gasteiger partial charge is 0.545 e. The number of aryl methyl sites for hydroxylation is 1. The molecule has 0 saturated carbocycles. The maximum Gasteiger partial charge on any atom is 0.0730 e. The van der Waals surface area contributed by atoms with Crippen LogP contribution in [0.15, 0.2) is 53.5 Å². The third-order valence-corrected chi connectivity index (χ3v) is 4.93. The zero-order chi connectivity index (χ0) is 20.4. The van der Waals surface area contributed by atoms with Gasteiger partial charge >= 0.3 is 0 Å². The molecule has 1 aromatic heterocycles. The minimum atomic E-state index is -1.30. The van der Waals surface area contributed by atoms with Crippen molar-refractivity contribution < 1.29 is 9.90 Å². The summed E-state index contributed by atoms with van der Waals surface area (Å²) in [5, 5.41) is 11.1. The Morgan fingerprint density at radius 3 is 2.36 bits per heavy atom. The molecule has 0 bridgehead atoms. The first kappa shape index (κ1) is 19.7. The van der Waals surface area contributed by atoms with E-state index in [1.165, 1.54) is 12.1 Å². The number of rotatable bonds is 5. The van der Waals surface area contributed by atoms with E-state index in [1.807, 2.05) is 21.0 Å². The molecule has 0 fully saturated rings. The number of carboxylic acid groups (broad SMARTS) is 1. The highest BCUT2D eigenvalue weighted by Crippen LogP contribution is 2.25. The Balaban J connectivity index is 1.90. The summed E-state index contributed by atoms with van der Waals surface area (Å²) in [6.07, 6.45) is 1.76. The average Bonchev–Trinajstić information content (AvgIpc) is 2.93. The fraction of sp³-hybridized carbons (Fsp3) is 0.182. The molecule has 144 valence electrons. The molecule has 0 unspecified atom stereocenters. The van der Waals surface area contributed by atoms with Crippen LogP contribution in [0.5, 0.6) is 0 Å². The number of halogens is 1. The van der Waals surface area contributed by atoms with Gasteiger partial charge in [0, 0.05) is 54.2 Å². The first-order valence-electron chi connectivity index (χ1n) is 8.79. The molecule has 6 heteroatoms. The van der Waals surface area contributed by atoms with Gasteiger partial charge in [0.05, 0.1) is 16.7 Å². The van der Waals surface area contributed by atoms with Gasteiger partial charge in [-0.1, -0.05) is 11.6 Å². The molecule has 3 rings (SSSR count). The second-order valence-corrected chi connectivity index (χ2v) is 7.19. The molecule has 28 heavy (non-hydrogen) atoms. The fourth-order valence-electron chi connectivity index (χ4n) is 3.11. The molecule has 3 aromatic rings. The molecule has 0 aliphatic carbocycles. The van der Waals surface area contributed by atoms with E-state index in [0.29, 0.717) is 5.69 Å². The lowest BCUT2D eigenvalue weighted by Gasteiger charge is -2.14. The summed E-state index contributed by atoms with van der Waals surface area (Å²) in [6.45, 7) is 4.09. The topological polar surface area (TPSA) is 60.7 Å². The number of hydrogen-bond acceptors (Lipinski definition) is 4. The second-order valence-electron chi connectivity index (χ2n) is 6.78. The Kier molecular flexibility index (Phi) is 5.56. The first-order valence-corrected chi connectivity index (χ1v) is 9.17. The van der Waals surface area contributed by atoms with Gasteiger partial charge in [-0.05, 0) is 62.4 Å². The second kappa shape index (κ2) is 7.90. The lowest BCUT2D eigenvalue weighted by Crippen LogP contribution is -2.22. The smallest absolute Gasteiger partial charge is 0.0730 e. The van der Waals surface area contributed by atoms with Gasteiger partial charge in [0.15, 0.2) is 0 Å². The van der Waals surface area contributed by atoms with Crippen molar-refractivity contribution in [2.45, 2.75) is 13.8 Å². The molecule has 0 spiro atoms. The lowest BCUT2D eigenvalue weighted by atomic mass is 10.2. The number of aliphatic imine (C=N–C) groups is 1. The van der Waals surface area contributed by atoms with Gasteiger partial charge in [0.1, 0.15) is 0 Å². The van der Waals surface area contributed by atoms with Gasteiger partial charge in [-0.3, -0.25) is 4.99 Å². The summed E-state index contributed by atoms with van der Waals surface area (Å²) in [7, 11) is 4.03. The van der Waals surface area contributed by atoms with E-state index in [4.69, 9.17) is 11.6 Å². The minimum absolute atomic E-state index is 0.0417. The zero-order valence-electron chi connectivity index (χ0n) is 16.2. The van der Waals surface area contributed by atoms with Crippen molar-refractivity contribution >= 4 is 35.2 Å². The van der Waals surface area contributed by atoms with Crippen LogP contribution in [0.3, 0.4) is 0 Å². The number of anilines is 1. The van der Waals surface area contributed by atoms with Crippen molar-refractivity contribution in [3.05, 3.63) is 76.1 Å². The average molecular weight is 395 g/mol. The molecular formula is C22H21ClN3O2-. The maximum absolute atomic E-state index is 11.0. The van der Waals surface area contributed by atoms with Crippen LogP contribution in [-0.4, -0.2) is 30.8 Å². The summed E-state index contributed by atoms with van der Waals surface area (Å²) in [5.41, 5.74) is 5.91. The van der Waals surface area contributed by atoms with Crippen molar-refractivity contribution in [2.75, 3.05) is 19.0 Å². The fourth-order valence-corrected chi connectivity index (χ4v) is 3.36. The highest BCUT2D eigenvalue weighted by Gasteiger charge is 2.10. The number of nitrogens with zero attached hydrogens (tertiary/aromatic N) is 3. The van der Waals surface area contributed by atoms with E-state index in [-0.39, 0.29) is 10.6 Å². The van der Waals surface area contributed by atoms with Gasteiger partial charge < -0.3 is 19.4 Å². The zero-order valence-corrected chi connectivity index (χ0v) is 17.0. The maximum atomic E-state index is 11.0. The number of hydrogen-bond donors (Lipinski definition) is 0. The Bertz CT molecular complexity index is 1050. The standard InChI is InChI=1S/C22H22ClN3O2/c1-14-11-16(13-24-17-5-10-20(22(27)28)21(23)12-17)15(2)26(14)19-8-6-18(7-9-19)25(3)4/h5-13H,1-4H3,(H,27,28)/p-1. The van der Waals surface area contributed by atoms with Gasteiger partial charge in [-0.25, -0.2) is 0 Å². The summed E-state index contributed by atoms with van der Waals surface area (Å²) in [6, 6.07) is 14.9. The molecule has 5 nitrogen and oxygen atoms in total. The van der Waals surface area contributed by atoms with E-state index in [2.05, 4.69) is 51.7 Å². The van der Waals surface area contributed by atoms with E-state index in [9.17, 15) is 9.90 Å². The molecule has 0 aliphatic heterocycles. The number of carbonyl (C=O) groups is 1. The third kappa shape index (κ3) is 3.94. The number of aromatic carboxylic acids is 1. The van der Waals surface area contributed by atoms with Crippen LogP contribution < -0.4 is 10.0 Å². The molecule has 0 radical (unpaired) electrons. The molecule has 0 saturated heterocycles. The van der Waals surface area contributed by atoms with Crippen LogP contribution in [0.2, 0.25) is 5.02 Å². The molecule has 0 atom stereocenters. The molecule has 2 aromatic carbocycles. The summed E-state index contributed by atoms with van der Waals surface area (Å²) >= 11 is 5.98. The van der Waals surface area contributed by atoms with E-state index in [1.54, 1.807) is 12.3 Å². The van der Waals surface area contributed by atoms with Crippen molar-refractivity contribution in [3.63, 3.8) is 0 Å². The lowest BCUT2D eigenvalue weighted by molar-refractivity contribution is -0.255. The monoisotopic (exact) mass is 394 g/mol. The molecule has 0 amide bonds. The van der Waals surface area contributed by atoms with Gasteiger partial charge in [-0.15, -0.1) is 0 Å². The quantitative estimate of drug-likeness (QED) is 0.616. The van der Waals surface area contributed by atoms with E-state index >= 15 is 0 Å². The Hall–Kier alpha value is -3.05. The van der Waals surface area contributed by atoms with Gasteiger partial charge in [-0.2, -0.15) is 0 Å². The Morgan fingerprint density at radius 2 is 1.79 bits per heavy atom. The normalized spacial score (nSPS) is 11.2. The van der Waals surface area contributed by atoms with Crippen molar-refractivity contribution in [3.8, 4) is 5.69 Å². The molecular weight excluding hydrogens is 374 g/mol. The minimum Gasteiger partial charge on any atom is -0.545 e. The van der Waals surface area contributed by atoms with Crippen LogP contribution in [0.4, 0.5) is 11.4 Å². The molecule has 1 heterocycles. The van der Waals surface area contributed by atoms with Crippen molar-refractivity contribution in [2.24, 2.45) is 4.99 Å². The molecule has 0 N–H and O–H groups in total. The molecule has 0 aliphatic rings. The Morgan fingerprint density at radius 1 is 1.11 bits per heavy atom. The highest BCUT2D eigenvalue weighted by atomic mass is 35.5. The van der Waals surface area contributed by atoms with E-state index in [0.717, 1.165) is 28.3 Å². The summed E-state index contributed by atoms with van der Waals surface area (Å²) in [4.78, 5) is 17.5. The first-order chi connectivity index (χ1) is 13.3. The van der Waals surface area contributed by atoms with Crippen LogP contribution in [0.1, 0.15) is 27.3 Å². The summed E-state index contributed by atoms with van der Waals surface area (Å²) in [5.74, 6) is -1.30. The predicted molar refractivity (Wildman–Crippen MR) is 113 cm³/mol. The highest BCUT2D eigenvalue weighted by molar-refractivity contribution is 6.33. The van der Waals surface area contributed by atoms with E-state index < -0.39 is 5.97 Å². The van der Waals surface area contributed by atoms with Crippen LogP contribution in [0, 0.1) is 13.8 Å². The van der Waals surface area contributed by atoms with Gasteiger partial charge in [0.2, 0.25) is 0 Å². The third-order valence-electron chi connectivity index (χ3n) is 4.62. The summed E-state index contributed by atoms with van der Waals surface area (Å²) < 4.78 is 2.17. The number of aromatic nitrogens is 1. The van der Waals surface area contributed by atoms with Crippen LogP contribution in [-0.2, 0) is 0 Å². The van der Waals surface area contributed by atoms with Crippen LogP contribution >= 0.6 is 11.6 Å². The van der Waals surface area contributed by atoms with Gasteiger partial charge in [0.25, 0.3) is 0 Å². The van der Waals surface area contributed by atoms with Crippen molar-refractivity contribution in [1.29, 1.82) is 0 Å². The number of carboxylic acids is 1. The van der Waals surface area contributed by atoms with Crippen LogP contribution in [0.25, 0.3) is 5.69 Å². The SMILES string of the molecule is Cc1cc(C=Nc2ccc(C(=O)[O-])c(Cl)c2)c(C)n1-c1ccc(N(C)C)cc1. The predicted octanol–water partition coefficient (Wildman–Crippen LogP) is 3.93. The number of benzene rings is 2.